The van der Waals surface area contributed by atoms with Gasteiger partial charge in [0.1, 0.15) is 24.2 Å². The molecular weight excluding hydrogens is 396 g/mol. The second-order valence-electron chi connectivity index (χ2n) is 7.92. The van der Waals surface area contributed by atoms with Crippen LogP contribution >= 0.6 is 0 Å². The van der Waals surface area contributed by atoms with Crippen LogP contribution in [0.5, 0.6) is 11.6 Å². The average Bonchev–Trinajstić information content (AvgIpc) is 3.29. The molecule has 1 amide bonds. The molecule has 1 saturated heterocycles. The number of hydrogen-bond donors (Lipinski definition) is 1. The van der Waals surface area contributed by atoms with Gasteiger partial charge >= 0.3 is 0 Å². The monoisotopic (exact) mass is 420 g/mol. The molecule has 4 rings (SSSR count). The van der Waals surface area contributed by atoms with Crippen molar-refractivity contribution in [3.63, 3.8) is 0 Å². The molecule has 0 spiro atoms. The predicted octanol–water partition coefficient (Wildman–Crippen LogP) is 3.82. The number of ether oxygens (including phenoxy) is 2. The lowest BCUT2D eigenvalue weighted by Crippen LogP contribution is -2.31. The molecule has 0 unspecified atom stereocenters. The first-order valence-electron chi connectivity index (χ1n) is 10.3. The lowest BCUT2D eigenvalue weighted by molar-refractivity contribution is -0.119. The fourth-order valence-corrected chi connectivity index (χ4v) is 3.54. The second kappa shape index (κ2) is 8.26. The maximum absolute atomic E-state index is 11.5. The van der Waals surface area contributed by atoms with Crippen molar-refractivity contribution in [3.05, 3.63) is 35.3 Å². The standard InChI is InChI=1S/C23H24N4O4/c1-12(2)30-20-8-18-17(7-15(20)9-24)19(23-26-13(3)14(4)31-23)10-25-22(18)29-11-16-5-6-21(28)27-16/h7-8,10,12,16H,5-6,11H2,1-4H3,(H,27,28)/t16-/m0/s1. The maximum Gasteiger partial charge on any atom is 0.228 e. The van der Waals surface area contributed by atoms with E-state index in [-0.39, 0.29) is 18.1 Å². The summed E-state index contributed by atoms with van der Waals surface area (Å²) in [6.45, 7) is 7.84. The van der Waals surface area contributed by atoms with Crippen LogP contribution in [0.4, 0.5) is 0 Å². The van der Waals surface area contributed by atoms with Gasteiger partial charge in [0.05, 0.1) is 29.0 Å². The molecule has 0 aliphatic carbocycles. The van der Waals surface area contributed by atoms with Crippen LogP contribution in [0.15, 0.2) is 22.7 Å². The van der Waals surface area contributed by atoms with Crippen molar-refractivity contribution in [3.8, 4) is 29.2 Å². The number of rotatable bonds is 6. The molecule has 0 saturated carbocycles. The van der Waals surface area contributed by atoms with Crippen LogP contribution < -0.4 is 14.8 Å². The van der Waals surface area contributed by atoms with Gasteiger partial charge in [-0.05, 0) is 46.2 Å². The summed E-state index contributed by atoms with van der Waals surface area (Å²) >= 11 is 0. The number of fused-ring (bicyclic) bond motifs is 1. The zero-order chi connectivity index (χ0) is 22.1. The minimum atomic E-state index is -0.101. The van der Waals surface area contributed by atoms with Crippen molar-refractivity contribution in [2.45, 2.75) is 52.7 Å². The number of hydrogen-bond acceptors (Lipinski definition) is 7. The van der Waals surface area contributed by atoms with E-state index in [4.69, 9.17) is 13.9 Å². The van der Waals surface area contributed by atoms with Crippen LogP contribution in [0.25, 0.3) is 22.2 Å². The number of nitrogens with one attached hydrogen (secondary N) is 1. The molecule has 0 radical (unpaired) electrons. The van der Waals surface area contributed by atoms with Gasteiger partial charge in [-0.3, -0.25) is 4.79 Å². The SMILES string of the molecule is Cc1nc(-c2cnc(OC[C@@H]3CCC(=O)N3)c3cc(OC(C)C)c(C#N)cc23)oc1C. The smallest absolute Gasteiger partial charge is 0.228 e. The first kappa shape index (κ1) is 20.7. The number of carbonyl (C=O) groups excluding carboxylic acids is 1. The van der Waals surface area contributed by atoms with Gasteiger partial charge in [-0.1, -0.05) is 0 Å². The van der Waals surface area contributed by atoms with E-state index in [0.717, 1.165) is 23.3 Å². The summed E-state index contributed by atoms with van der Waals surface area (Å²) in [6.07, 6.45) is 2.77. The number of nitrogens with zero attached hydrogens (tertiary/aromatic N) is 3. The number of aromatic nitrogens is 2. The highest BCUT2D eigenvalue weighted by molar-refractivity contribution is 5.99. The summed E-state index contributed by atoms with van der Waals surface area (Å²) in [5.41, 5.74) is 1.86. The van der Waals surface area contributed by atoms with Gasteiger partial charge < -0.3 is 19.2 Å². The van der Waals surface area contributed by atoms with Crippen molar-refractivity contribution in [1.29, 1.82) is 5.26 Å². The molecule has 1 aliphatic heterocycles. The van der Waals surface area contributed by atoms with Gasteiger partial charge in [0.15, 0.2) is 0 Å². The normalized spacial score (nSPS) is 15.9. The third-order valence-electron chi connectivity index (χ3n) is 5.20. The number of pyridine rings is 1. The quantitative estimate of drug-likeness (QED) is 0.645. The number of oxazole rings is 1. The fourth-order valence-electron chi connectivity index (χ4n) is 3.54. The maximum atomic E-state index is 11.5. The van der Waals surface area contributed by atoms with E-state index in [1.165, 1.54) is 0 Å². The van der Waals surface area contributed by atoms with Crippen molar-refractivity contribution in [2.24, 2.45) is 0 Å². The van der Waals surface area contributed by atoms with E-state index in [2.05, 4.69) is 21.4 Å². The Hall–Kier alpha value is -3.60. The summed E-state index contributed by atoms with van der Waals surface area (Å²) in [6, 6.07) is 5.68. The lowest BCUT2D eigenvalue weighted by Gasteiger charge is -2.16. The van der Waals surface area contributed by atoms with E-state index in [9.17, 15) is 10.1 Å². The molecule has 8 heteroatoms. The van der Waals surface area contributed by atoms with E-state index < -0.39 is 0 Å². The highest BCUT2D eigenvalue weighted by atomic mass is 16.5. The van der Waals surface area contributed by atoms with E-state index in [0.29, 0.717) is 47.1 Å². The molecule has 160 valence electrons. The average molecular weight is 420 g/mol. The minimum absolute atomic E-state index is 0.0303. The molecule has 8 nitrogen and oxygen atoms in total. The Balaban J connectivity index is 1.82. The minimum Gasteiger partial charge on any atom is -0.490 e. The van der Waals surface area contributed by atoms with Gasteiger partial charge in [-0.2, -0.15) is 5.26 Å². The van der Waals surface area contributed by atoms with Gasteiger partial charge in [-0.25, -0.2) is 9.97 Å². The van der Waals surface area contributed by atoms with Gasteiger partial charge in [-0.15, -0.1) is 0 Å². The molecule has 3 heterocycles. The fraction of sp³-hybridized carbons (Fsp3) is 0.391. The van der Waals surface area contributed by atoms with Crippen LogP contribution in [-0.2, 0) is 4.79 Å². The number of amides is 1. The third kappa shape index (κ3) is 4.17. The van der Waals surface area contributed by atoms with Crippen molar-refractivity contribution in [1.82, 2.24) is 15.3 Å². The lowest BCUT2D eigenvalue weighted by atomic mass is 10.0. The highest BCUT2D eigenvalue weighted by Gasteiger charge is 2.23. The Labute approximate surface area is 180 Å². The summed E-state index contributed by atoms with van der Waals surface area (Å²) in [5.74, 6) is 2.05. The van der Waals surface area contributed by atoms with E-state index in [1.807, 2.05) is 27.7 Å². The summed E-state index contributed by atoms with van der Waals surface area (Å²) in [5, 5.41) is 14.0. The van der Waals surface area contributed by atoms with E-state index in [1.54, 1.807) is 18.3 Å². The van der Waals surface area contributed by atoms with Crippen LogP contribution in [-0.4, -0.2) is 34.6 Å². The number of nitriles is 1. The summed E-state index contributed by atoms with van der Waals surface area (Å²) < 4.78 is 17.7. The Morgan fingerprint density at radius 1 is 1.32 bits per heavy atom. The largest absolute Gasteiger partial charge is 0.490 e. The third-order valence-corrected chi connectivity index (χ3v) is 5.20. The zero-order valence-electron chi connectivity index (χ0n) is 18.0. The summed E-state index contributed by atoms with van der Waals surface area (Å²) in [4.78, 5) is 20.5. The van der Waals surface area contributed by atoms with Gasteiger partial charge in [0, 0.05) is 23.4 Å². The molecule has 2 aromatic heterocycles. The van der Waals surface area contributed by atoms with Gasteiger partial charge in [0.25, 0.3) is 0 Å². The molecule has 0 bridgehead atoms. The first-order chi connectivity index (χ1) is 14.9. The Morgan fingerprint density at radius 2 is 2.13 bits per heavy atom. The topological polar surface area (TPSA) is 110 Å². The first-order valence-corrected chi connectivity index (χ1v) is 10.3. The Kier molecular flexibility index (Phi) is 5.51. The number of aryl methyl sites for hydroxylation is 2. The number of benzene rings is 1. The van der Waals surface area contributed by atoms with Crippen molar-refractivity contribution >= 4 is 16.7 Å². The second-order valence-corrected chi connectivity index (χ2v) is 7.92. The van der Waals surface area contributed by atoms with Gasteiger partial charge in [0.2, 0.25) is 17.7 Å². The molecule has 31 heavy (non-hydrogen) atoms. The highest BCUT2D eigenvalue weighted by Crippen LogP contribution is 2.37. The number of carbonyl (C=O) groups is 1. The van der Waals surface area contributed by atoms with Crippen LogP contribution in [0.1, 0.15) is 43.7 Å². The van der Waals surface area contributed by atoms with Crippen molar-refractivity contribution in [2.75, 3.05) is 6.61 Å². The molecule has 1 atom stereocenters. The van der Waals surface area contributed by atoms with Crippen LogP contribution in [0.3, 0.4) is 0 Å². The van der Waals surface area contributed by atoms with E-state index >= 15 is 0 Å². The van der Waals surface area contributed by atoms with Crippen molar-refractivity contribution < 1.29 is 18.7 Å². The molecule has 3 aromatic rings. The van der Waals surface area contributed by atoms with Crippen LogP contribution in [0, 0.1) is 25.2 Å². The molecule has 1 aromatic carbocycles. The Morgan fingerprint density at radius 3 is 2.74 bits per heavy atom. The summed E-state index contributed by atoms with van der Waals surface area (Å²) in [7, 11) is 0. The Bertz CT molecular complexity index is 1170. The molecule has 1 fully saturated rings. The van der Waals surface area contributed by atoms with Crippen LogP contribution in [0.2, 0.25) is 0 Å². The molecule has 1 aliphatic rings. The zero-order valence-corrected chi connectivity index (χ0v) is 18.0. The molecular formula is C23H24N4O4. The molecule has 1 N–H and O–H groups in total. The predicted molar refractivity (Wildman–Crippen MR) is 114 cm³/mol.